The molecule has 1 N–H and O–H groups in total. The van der Waals surface area contributed by atoms with Crippen LogP contribution < -0.4 is 4.90 Å². The first-order chi connectivity index (χ1) is 14.2. The van der Waals surface area contributed by atoms with Gasteiger partial charge in [-0.15, -0.1) is 0 Å². The molecule has 29 heavy (non-hydrogen) atoms. The molecule has 1 aromatic carbocycles. The highest BCUT2D eigenvalue weighted by atomic mass is 16.2. The normalized spacial score (nSPS) is 15.1. The van der Waals surface area contributed by atoms with Crippen molar-refractivity contribution in [3.8, 4) is 11.3 Å². The van der Waals surface area contributed by atoms with Gasteiger partial charge in [0, 0.05) is 75.6 Å². The van der Waals surface area contributed by atoms with E-state index in [0.717, 1.165) is 55.4 Å². The summed E-state index contributed by atoms with van der Waals surface area (Å²) in [5, 5.41) is 13.5. The summed E-state index contributed by atoms with van der Waals surface area (Å²) in [6, 6.07) is 8.25. The third-order valence-corrected chi connectivity index (χ3v) is 5.71. The van der Waals surface area contributed by atoms with Crippen LogP contribution in [0.4, 0.5) is 5.82 Å². The lowest BCUT2D eigenvalue weighted by molar-refractivity contribution is 0.249. The van der Waals surface area contributed by atoms with E-state index in [1.165, 1.54) is 11.3 Å². The minimum atomic E-state index is 0.165. The molecular formula is C22H28N6O. The van der Waals surface area contributed by atoms with Crippen LogP contribution >= 0.6 is 0 Å². The van der Waals surface area contributed by atoms with Crippen LogP contribution in [0, 0.1) is 6.92 Å². The number of aliphatic hydroxyl groups is 1. The van der Waals surface area contributed by atoms with E-state index in [-0.39, 0.29) is 6.61 Å². The van der Waals surface area contributed by atoms with E-state index >= 15 is 0 Å². The Morgan fingerprint density at radius 3 is 2.38 bits per heavy atom. The Labute approximate surface area is 171 Å². The number of aromatic nitrogens is 4. The molecule has 1 aliphatic heterocycles. The van der Waals surface area contributed by atoms with Crippen LogP contribution in [-0.2, 0) is 20.0 Å². The van der Waals surface area contributed by atoms with Crippen molar-refractivity contribution >= 4 is 5.82 Å². The summed E-state index contributed by atoms with van der Waals surface area (Å²) in [6.07, 6.45) is 6.17. The monoisotopic (exact) mass is 392 g/mol. The smallest absolute Gasteiger partial charge is 0.155 e. The maximum atomic E-state index is 9.11. The summed E-state index contributed by atoms with van der Waals surface area (Å²) < 4.78 is 1.93. The lowest BCUT2D eigenvalue weighted by Gasteiger charge is -2.35. The zero-order valence-electron chi connectivity index (χ0n) is 17.1. The molecule has 7 heteroatoms. The lowest BCUT2D eigenvalue weighted by Crippen LogP contribution is -2.46. The minimum absolute atomic E-state index is 0.165. The first kappa shape index (κ1) is 19.5. The zero-order chi connectivity index (χ0) is 20.2. The number of nitrogens with zero attached hydrogens (tertiary/aromatic N) is 6. The van der Waals surface area contributed by atoms with E-state index in [1.807, 2.05) is 17.9 Å². The Morgan fingerprint density at radius 2 is 1.72 bits per heavy atom. The molecule has 1 saturated heterocycles. The molecule has 0 unspecified atom stereocenters. The van der Waals surface area contributed by atoms with E-state index in [2.05, 4.69) is 56.1 Å². The van der Waals surface area contributed by atoms with Crippen LogP contribution in [0.25, 0.3) is 11.3 Å². The predicted molar refractivity (Wildman–Crippen MR) is 114 cm³/mol. The largest absolute Gasteiger partial charge is 0.396 e. The van der Waals surface area contributed by atoms with Crippen molar-refractivity contribution in [1.29, 1.82) is 0 Å². The predicted octanol–water partition coefficient (Wildman–Crippen LogP) is 2.04. The summed E-state index contributed by atoms with van der Waals surface area (Å²) in [7, 11) is 1.99. The number of piperazine rings is 1. The van der Waals surface area contributed by atoms with Gasteiger partial charge in [-0.2, -0.15) is 5.10 Å². The summed E-state index contributed by atoms with van der Waals surface area (Å²) >= 11 is 0. The maximum absolute atomic E-state index is 9.11. The molecule has 7 nitrogen and oxygen atoms in total. The molecule has 1 aliphatic rings. The molecule has 2 aromatic heterocycles. The highest BCUT2D eigenvalue weighted by molar-refractivity contribution is 5.72. The average Bonchev–Trinajstić information content (AvgIpc) is 3.07. The van der Waals surface area contributed by atoms with Gasteiger partial charge in [0.25, 0.3) is 0 Å². The Kier molecular flexibility index (Phi) is 5.87. The van der Waals surface area contributed by atoms with Crippen LogP contribution in [0.2, 0.25) is 0 Å². The molecular weight excluding hydrogens is 364 g/mol. The van der Waals surface area contributed by atoms with Crippen molar-refractivity contribution in [3.05, 3.63) is 59.7 Å². The molecule has 0 atom stereocenters. The van der Waals surface area contributed by atoms with E-state index in [9.17, 15) is 0 Å². The molecule has 0 saturated carbocycles. The fourth-order valence-electron chi connectivity index (χ4n) is 3.78. The number of anilines is 1. The van der Waals surface area contributed by atoms with Gasteiger partial charge in [0.2, 0.25) is 0 Å². The fourth-order valence-corrected chi connectivity index (χ4v) is 3.78. The topological polar surface area (TPSA) is 70.3 Å². The SMILES string of the molecule is Cc1c(CN2CCN(c3nccnc3-c3ccc(CCO)cc3)CC2)cnn1C. The van der Waals surface area contributed by atoms with E-state index < -0.39 is 0 Å². The second-order valence-electron chi connectivity index (χ2n) is 7.54. The average molecular weight is 393 g/mol. The number of hydrogen-bond acceptors (Lipinski definition) is 6. The first-order valence-corrected chi connectivity index (χ1v) is 10.1. The summed E-state index contributed by atoms with van der Waals surface area (Å²) in [5.41, 5.74) is 5.63. The van der Waals surface area contributed by atoms with E-state index in [0.29, 0.717) is 6.42 Å². The van der Waals surface area contributed by atoms with E-state index in [4.69, 9.17) is 5.11 Å². The molecule has 1 fully saturated rings. The number of rotatable bonds is 6. The van der Waals surface area contributed by atoms with Crippen LogP contribution in [0.15, 0.2) is 42.9 Å². The number of aryl methyl sites for hydroxylation is 1. The van der Waals surface area contributed by atoms with Crippen molar-refractivity contribution in [3.63, 3.8) is 0 Å². The zero-order valence-corrected chi connectivity index (χ0v) is 17.1. The summed E-state index contributed by atoms with van der Waals surface area (Å²) in [4.78, 5) is 14.1. The first-order valence-electron chi connectivity index (χ1n) is 10.1. The Morgan fingerprint density at radius 1 is 1.00 bits per heavy atom. The number of benzene rings is 1. The Hall–Kier alpha value is -2.77. The molecule has 0 aliphatic carbocycles. The highest BCUT2D eigenvalue weighted by Gasteiger charge is 2.22. The van der Waals surface area contributed by atoms with Gasteiger partial charge >= 0.3 is 0 Å². The van der Waals surface area contributed by atoms with Gasteiger partial charge in [0.05, 0.1) is 6.20 Å². The quantitative estimate of drug-likeness (QED) is 0.692. The van der Waals surface area contributed by atoms with Gasteiger partial charge in [0.15, 0.2) is 5.82 Å². The molecule has 0 amide bonds. The van der Waals surface area contributed by atoms with E-state index in [1.54, 1.807) is 12.4 Å². The fraction of sp³-hybridized carbons (Fsp3) is 0.409. The maximum Gasteiger partial charge on any atom is 0.155 e. The second-order valence-corrected chi connectivity index (χ2v) is 7.54. The van der Waals surface area contributed by atoms with Gasteiger partial charge in [-0.1, -0.05) is 24.3 Å². The molecule has 0 radical (unpaired) electrons. The lowest BCUT2D eigenvalue weighted by atomic mass is 10.1. The Balaban J connectivity index is 1.45. The van der Waals surface area contributed by atoms with Crippen LogP contribution in [0.3, 0.4) is 0 Å². The van der Waals surface area contributed by atoms with Crippen molar-refractivity contribution in [2.45, 2.75) is 19.9 Å². The molecule has 3 heterocycles. The highest BCUT2D eigenvalue weighted by Crippen LogP contribution is 2.28. The third-order valence-electron chi connectivity index (χ3n) is 5.71. The second kappa shape index (κ2) is 8.71. The van der Waals surface area contributed by atoms with Gasteiger partial charge in [-0.05, 0) is 18.9 Å². The molecule has 4 rings (SSSR count). The molecule has 3 aromatic rings. The van der Waals surface area contributed by atoms with Crippen LogP contribution in [0.1, 0.15) is 16.8 Å². The van der Waals surface area contributed by atoms with Gasteiger partial charge in [0.1, 0.15) is 5.69 Å². The molecule has 152 valence electrons. The third kappa shape index (κ3) is 4.31. The van der Waals surface area contributed by atoms with Gasteiger partial charge in [-0.3, -0.25) is 14.6 Å². The van der Waals surface area contributed by atoms with Crippen molar-refractivity contribution in [2.24, 2.45) is 7.05 Å². The Bertz CT molecular complexity index is 944. The number of aliphatic hydroxyl groups excluding tert-OH is 1. The molecule has 0 bridgehead atoms. The van der Waals surface area contributed by atoms with Crippen molar-refractivity contribution in [1.82, 2.24) is 24.6 Å². The van der Waals surface area contributed by atoms with Crippen LogP contribution in [-0.4, -0.2) is 62.5 Å². The standard InChI is InChI=1S/C22H28N6O/c1-17-20(15-25-26(17)2)16-27-10-12-28(13-11-27)22-21(23-8-9-24-22)19-5-3-18(4-6-19)7-14-29/h3-6,8-9,15,29H,7,10-14,16H2,1-2H3. The molecule has 0 spiro atoms. The van der Waals surface area contributed by atoms with Crippen molar-refractivity contribution in [2.75, 3.05) is 37.7 Å². The number of hydrogen-bond donors (Lipinski definition) is 1. The van der Waals surface area contributed by atoms with Gasteiger partial charge < -0.3 is 10.0 Å². The van der Waals surface area contributed by atoms with Crippen molar-refractivity contribution < 1.29 is 5.11 Å². The minimum Gasteiger partial charge on any atom is -0.396 e. The van der Waals surface area contributed by atoms with Gasteiger partial charge in [-0.25, -0.2) is 4.98 Å². The summed E-state index contributed by atoms with van der Waals surface area (Å²) in [6.45, 7) is 7.04. The van der Waals surface area contributed by atoms with Crippen LogP contribution in [0.5, 0.6) is 0 Å². The summed E-state index contributed by atoms with van der Waals surface area (Å²) in [5.74, 6) is 0.944.